The second-order valence-electron chi connectivity index (χ2n) is 4.76. The van der Waals surface area contributed by atoms with Crippen LogP contribution in [0.15, 0.2) is 46.8 Å². The summed E-state index contributed by atoms with van der Waals surface area (Å²) in [5.74, 6) is 1.42. The normalized spacial score (nSPS) is 10.8. The highest BCUT2D eigenvalue weighted by Crippen LogP contribution is 2.19. The first-order valence-corrected chi connectivity index (χ1v) is 8.10. The first kappa shape index (κ1) is 15.3. The average molecular weight is 332 g/mol. The summed E-state index contributed by atoms with van der Waals surface area (Å²) < 4.78 is 7.51. The van der Waals surface area contributed by atoms with Crippen LogP contribution < -0.4 is 5.32 Å². The van der Waals surface area contributed by atoms with Gasteiger partial charge in [-0.05, 0) is 18.6 Å². The third kappa shape index (κ3) is 4.46. The van der Waals surface area contributed by atoms with Gasteiger partial charge in [0.25, 0.3) is 5.91 Å². The lowest BCUT2D eigenvalue weighted by molar-refractivity contribution is 0.0923. The summed E-state index contributed by atoms with van der Waals surface area (Å²) >= 11 is 1.46. The molecule has 0 saturated heterocycles. The minimum Gasteiger partial charge on any atom is -0.455 e. The van der Waals surface area contributed by atoms with E-state index in [1.807, 2.05) is 10.8 Å². The number of hydrogen-bond acceptors (Lipinski definition) is 6. The molecule has 120 valence electrons. The number of aromatic amines is 1. The monoisotopic (exact) mass is 332 g/mol. The Kier molecular flexibility index (Phi) is 5.09. The molecule has 0 unspecified atom stereocenters. The van der Waals surface area contributed by atoms with E-state index in [0.717, 1.165) is 18.7 Å². The van der Waals surface area contributed by atoms with Crippen molar-refractivity contribution in [3.8, 4) is 0 Å². The predicted molar refractivity (Wildman–Crippen MR) is 83.8 cm³/mol. The van der Waals surface area contributed by atoms with Gasteiger partial charge in [0.15, 0.2) is 10.9 Å². The molecule has 0 aliphatic rings. The number of aryl methyl sites for hydroxylation is 1. The van der Waals surface area contributed by atoms with Gasteiger partial charge in [-0.1, -0.05) is 11.8 Å². The fourth-order valence-electron chi connectivity index (χ4n) is 1.95. The van der Waals surface area contributed by atoms with Gasteiger partial charge in [0.2, 0.25) is 0 Å². The molecular weight excluding hydrogens is 316 g/mol. The smallest absolute Gasteiger partial charge is 0.286 e. The molecule has 0 aliphatic heterocycles. The lowest BCUT2D eigenvalue weighted by Gasteiger charge is -2.04. The summed E-state index contributed by atoms with van der Waals surface area (Å²) in [6.45, 7) is 1.40. The molecule has 3 rings (SSSR count). The molecule has 3 heterocycles. The first-order chi connectivity index (χ1) is 11.3. The number of carbonyl (C=O) groups excluding carboxylic acids is 1. The van der Waals surface area contributed by atoms with Crippen LogP contribution in [0.5, 0.6) is 0 Å². The van der Waals surface area contributed by atoms with Gasteiger partial charge in [-0.15, -0.1) is 0 Å². The molecule has 0 aliphatic carbocycles. The Hall–Kier alpha value is -2.55. The number of carbonyl (C=O) groups is 1. The van der Waals surface area contributed by atoms with E-state index in [1.54, 1.807) is 24.7 Å². The second-order valence-corrected chi connectivity index (χ2v) is 5.72. The molecule has 2 N–H and O–H groups in total. The van der Waals surface area contributed by atoms with Crippen LogP contribution in [0, 0.1) is 0 Å². The van der Waals surface area contributed by atoms with Crippen molar-refractivity contribution < 1.29 is 9.21 Å². The molecule has 1 amide bonds. The number of hydrogen-bond donors (Lipinski definition) is 2. The number of aromatic nitrogens is 5. The molecule has 0 fully saturated rings. The molecule has 0 atom stereocenters. The van der Waals surface area contributed by atoms with Crippen molar-refractivity contribution in [2.45, 2.75) is 23.9 Å². The van der Waals surface area contributed by atoms with E-state index in [4.69, 9.17) is 4.42 Å². The lowest BCUT2D eigenvalue weighted by Crippen LogP contribution is -2.24. The van der Waals surface area contributed by atoms with Gasteiger partial charge in [0, 0.05) is 25.5 Å². The van der Waals surface area contributed by atoms with Gasteiger partial charge in [-0.3, -0.25) is 9.89 Å². The van der Waals surface area contributed by atoms with E-state index >= 15 is 0 Å². The average Bonchev–Trinajstić information content (AvgIpc) is 3.32. The summed E-state index contributed by atoms with van der Waals surface area (Å²) in [7, 11) is 0. The standard InChI is InChI=1S/C14H16N6O2S/c21-13(16-4-1-6-20-7-5-15-10-20)12-3-2-11(22-12)8-23-14-17-9-18-19-14/h2-3,5,7,9-10H,1,4,6,8H2,(H,16,21)(H,17,18,19). The molecular formula is C14H16N6O2S. The highest BCUT2D eigenvalue weighted by molar-refractivity contribution is 7.98. The maximum atomic E-state index is 12.0. The quantitative estimate of drug-likeness (QED) is 0.481. The van der Waals surface area contributed by atoms with Crippen molar-refractivity contribution in [3.05, 3.63) is 48.7 Å². The highest BCUT2D eigenvalue weighted by Gasteiger charge is 2.11. The Balaban J connectivity index is 1.40. The molecule has 8 nitrogen and oxygen atoms in total. The minimum absolute atomic E-state index is 0.202. The van der Waals surface area contributed by atoms with Crippen LogP contribution >= 0.6 is 11.8 Å². The molecule has 0 aromatic carbocycles. The van der Waals surface area contributed by atoms with E-state index in [0.29, 0.717) is 23.2 Å². The number of furan rings is 1. The second kappa shape index (κ2) is 7.63. The topological polar surface area (TPSA) is 102 Å². The van der Waals surface area contributed by atoms with E-state index in [-0.39, 0.29) is 5.91 Å². The summed E-state index contributed by atoms with van der Waals surface area (Å²) in [5.41, 5.74) is 0. The predicted octanol–water partition coefficient (Wildman–Crippen LogP) is 1.71. The SMILES string of the molecule is O=C(NCCCn1ccnc1)c1ccc(CSc2ncn[nH]2)o1. The van der Waals surface area contributed by atoms with Gasteiger partial charge in [0.05, 0.1) is 12.1 Å². The van der Waals surface area contributed by atoms with Gasteiger partial charge in [-0.2, -0.15) is 5.10 Å². The number of thioether (sulfide) groups is 1. The van der Waals surface area contributed by atoms with Gasteiger partial charge in [-0.25, -0.2) is 9.97 Å². The van der Waals surface area contributed by atoms with Gasteiger partial charge in [0.1, 0.15) is 12.1 Å². The Bertz CT molecular complexity index is 722. The fourth-order valence-corrected chi connectivity index (χ4v) is 2.62. The van der Waals surface area contributed by atoms with Gasteiger partial charge >= 0.3 is 0 Å². The number of amides is 1. The Morgan fingerprint density at radius 2 is 2.39 bits per heavy atom. The Morgan fingerprint density at radius 1 is 1.43 bits per heavy atom. The highest BCUT2D eigenvalue weighted by atomic mass is 32.2. The third-order valence-corrected chi connectivity index (χ3v) is 3.97. The number of imidazole rings is 1. The van der Waals surface area contributed by atoms with E-state index in [1.165, 1.54) is 18.1 Å². The largest absolute Gasteiger partial charge is 0.455 e. The maximum absolute atomic E-state index is 12.0. The zero-order valence-electron chi connectivity index (χ0n) is 12.3. The van der Waals surface area contributed by atoms with Crippen LogP contribution in [0.25, 0.3) is 0 Å². The van der Waals surface area contributed by atoms with Crippen LogP contribution in [-0.2, 0) is 12.3 Å². The number of H-pyrrole nitrogens is 1. The Labute approximate surface area is 136 Å². The summed E-state index contributed by atoms with van der Waals surface area (Å²) in [5, 5.41) is 10.1. The van der Waals surface area contributed by atoms with Crippen molar-refractivity contribution >= 4 is 17.7 Å². The molecule has 0 radical (unpaired) electrons. The number of rotatable bonds is 8. The molecule has 0 saturated carbocycles. The molecule has 9 heteroatoms. The lowest BCUT2D eigenvalue weighted by atomic mass is 10.3. The zero-order valence-corrected chi connectivity index (χ0v) is 13.1. The molecule has 3 aromatic heterocycles. The molecule has 0 bridgehead atoms. The summed E-state index contributed by atoms with van der Waals surface area (Å²) in [4.78, 5) is 20.0. The number of nitrogens with zero attached hydrogens (tertiary/aromatic N) is 4. The number of nitrogens with one attached hydrogen (secondary N) is 2. The summed E-state index contributed by atoms with van der Waals surface area (Å²) in [6.07, 6.45) is 7.67. The van der Waals surface area contributed by atoms with Crippen molar-refractivity contribution in [1.29, 1.82) is 0 Å². The zero-order chi connectivity index (χ0) is 15.9. The third-order valence-electron chi connectivity index (χ3n) is 3.07. The van der Waals surface area contributed by atoms with E-state index < -0.39 is 0 Å². The molecule has 23 heavy (non-hydrogen) atoms. The van der Waals surface area contributed by atoms with Crippen LogP contribution in [0.2, 0.25) is 0 Å². The maximum Gasteiger partial charge on any atom is 0.286 e. The first-order valence-electron chi connectivity index (χ1n) is 7.12. The molecule has 0 spiro atoms. The van der Waals surface area contributed by atoms with E-state index in [2.05, 4.69) is 25.5 Å². The minimum atomic E-state index is -0.202. The van der Waals surface area contributed by atoms with Crippen LogP contribution in [-0.4, -0.2) is 37.2 Å². The van der Waals surface area contributed by atoms with Crippen molar-refractivity contribution in [1.82, 2.24) is 30.0 Å². The molecule has 3 aromatic rings. The van der Waals surface area contributed by atoms with Crippen molar-refractivity contribution in [2.24, 2.45) is 0 Å². The van der Waals surface area contributed by atoms with Crippen molar-refractivity contribution in [3.63, 3.8) is 0 Å². The van der Waals surface area contributed by atoms with Crippen molar-refractivity contribution in [2.75, 3.05) is 6.54 Å². The fraction of sp³-hybridized carbons (Fsp3) is 0.286. The summed E-state index contributed by atoms with van der Waals surface area (Å²) in [6, 6.07) is 3.48. The van der Waals surface area contributed by atoms with Gasteiger partial charge < -0.3 is 14.3 Å². The van der Waals surface area contributed by atoms with Crippen LogP contribution in [0.1, 0.15) is 22.7 Å². The Morgan fingerprint density at radius 3 is 3.17 bits per heavy atom. The van der Waals surface area contributed by atoms with Crippen LogP contribution in [0.3, 0.4) is 0 Å². The van der Waals surface area contributed by atoms with Crippen LogP contribution in [0.4, 0.5) is 0 Å². The van der Waals surface area contributed by atoms with E-state index in [9.17, 15) is 4.79 Å².